The van der Waals surface area contributed by atoms with Crippen molar-refractivity contribution in [3.63, 3.8) is 0 Å². The molecule has 0 aromatic carbocycles. The molecule has 1 unspecified atom stereocenters. The molecule has 0 aliphatic carbocycles. The fraction of sp³-hybridized carbons (Fsp3) is 1.00. The largest absolute Gasteiger partial charge is 0.392 e. The zero-order valence-electron chi connectivity index (χ0n) is 8.38. The number of aliphatic hydroxyl groups excluding tert-OH is 1. The first-order valence-corrected chi connectivity index (χ1v) is 6.22. The topological polar surface area (TPSA) is 20.2 Å². The number of hydrogen-bond acceptors (Lipinski definition) is 2. The highest BCUT2D eigenvalue weighted by atomic mass is 32.2. The molecule has 0 amide bonds. The predicted molar refractivity (Wildman–Crippen MR) is 57.8 cm³/mol. The molecule has 0 fully saturated rings. The van der Waals surface area contributed by atoms with Crippen molar-refractivity contribution in [1.29, 1.82) is 0 Å². The van der Waals surface area contributed by atoms with Gasteiger partial charge in [-0.25, -0.2) is 0 Å². The van der Waals surface area contributed by atoms with Crippen molar-refractivity contribution in [1.82, 2.24) is 0 Å². The van der Waals surface area contributed by atoms with Gasteiger partial charge in [0.15, 0.2) is 0 Å². The number of hydrogen-bond donors (Lipinski definition) is 1. The Balaban J connectivity index is 2.90. The molecule has 0 aromatic rings. The maximum atomic E-state index is 9.24. The fourth-order valence-corrected chi connectivity index (χ4v) is 2.05. The molecule has 0 saturated heterocycles. The van der Waals surface area contributed by atoms with Gasteiger partial charge in [-0.15, -0.1) is 0 Å². The van der Waals surface area contributed by atoms with Crippen molar-refractivity contribution in [2.75, 3.05) is 11.5 Å². The zero-order valence-corrected chi connectivity index (χ0v) is 9.20. The fourth-order valence-electron chi connectivity index (χ4n) is 0.968. The summed E-state index contributed by atoms with van der Waals surface area (Å²) < 4.78 is 0. The number of thioether (sulfide) groups is 1. The smallest absolute Gasteiger partial charge is 0.0628 e. The van der Waals surface area contributed by atoms with Crippen LogP contribution in [0.15, 0.2) is 0 Å². The Morgan fingerprint density at radius 3 is 2.50 bits per heavy atom. The van der Waals surface area contributed by atoms with Gasteiger partial charge in [-0.2, -0.15) is 11.8 Å². The maximum Gasteiger partial charge on any atom is 0.0628 e. The Morgan fingerprint density at radius 1 is 1.17 bits per heavy atom. The molecule has 0 aliphatic rings. The number of aliphatic hydroxyl groups is 1. The predicted octanol–water partition coefficient (Wildman–Crippen LogP) is 3.07. The van der Waals surface area contributed by atoms with E-state index in [-0.39, 0.29) is 6.10 Å². The molecule has 12 heavy (non-hydrogen) atoms. The Labute approximate surface area is 80.9 Å². The SMILES string of the molecule is CCCCCCSCC(O)CC. The van der Waals surface area contributed by atoms with E-state index in [0.717, 1.165) is 12.2 Å². The lowest BCUT2D eigenvalue weighted by Gasteiger charge is -2.06. The van der Waals surface area contributed by atoms with Crippen LogP contribution < -0.4 is 0 Å². The molecule has 0 aliphatic heterocycles. The molecule has 1 nitrogen and oxygen atoms in total. The summed E-state index contributed by atoms with van der Waals surface area (Å²) in [6, 6.07) is 0. The number of unbranched alkanes of at least 4 members (excludes halogenated alkanes) is 3. The van der Waals surface area contributed by atoms with Gasteiger partial charge in [0.2, 0.25) is 0 Å². The summed E-state index contributed by atoms with van der Waals surface area (Å²) in [6.07, 6.45) is 6.14. The van der Waals surface area contributed by atoms with E-state index in [4.69, 9.17) is 0 Å². The van der Waals surface area contributed by atoms with E-state index in [1.807, 2.05) is 18.7 Å². The van der Waals surface area contributed by atoms with E-state index >= 15 is 0 Å². The van der Waals surface area contributed by atoms with Crippen LogP contribution in [0.2, 0.25) is 0 Å². The molecular weight excluding hydrogens is 168 g/mol. The van der Waals surface area contributed by atoms with Crippen LogP contribution >= 0.6 is 11.8 Å². The first kappa shape index (κ1) is 12.3. The van der Waals surface area contributed by atoms with E-state index in [2.05, 4.69) is 6.92 Å². The molecule has 74 valence electrons. The minimum absolute atomic E-state index is 0.0822. The zero-order chi connectivity index (χ0) is 9.23. The van der Waals surface area contributed by atoms with Gasteiger partial charge >= 0.3 is 0 Å². The Kier molecular flexibility index (Phi) is 9.64. The van der Waals surface area contributed by atoms with Gasteiger partial charge in [0.25, 0.3) is 0 Å². The third-order valence-corrected chi connectivity index (χ3v) is 3.12. The van der Waals surface area contributed by atoms with Crippen molar-refractivity contribution < 1.29 is 5.11 Å². The van der Waals surface area contributed by atoms with Crippen LogP contribution in [0.5, 0.6) is 0 Å². The van der Waals surface area contributed by atoms with Crippen LogP contribution in [0.3, 0.4) is 0 Å². The van der Waals surface area contributed by atoms with Crippen LogP contribution in [-0.4, -0.2) is 22.7 Å². The molecule has 2 heteroatoms. The Bertz CT molecular complexity index is 85.9. The molecule has 0 bridgehead atoms. The Morgan fingerprint density at radius 2 is 1.92 bits per heavy atom. The monoisotopic (exact) mass is 190 g/mol. The highest BCUT2D eigenvalue weighted by Crippen LogP contribution is 2.09. The summed E-state index contributed by atoms with van der Waals surface area (Å²) in [5.41, 5.74) is 0. The van der Waals surface area contributed by atoms with Gasteiger partial charge in [0.05, 0.1) is 6.10 Å². The lowest BCUT2D eigenvalue weighted by molar-refractivity contribution is 0.195. The standard InChI is InChI=1S/C10H22OS/c1-3-5-6-7-8-12-9-10(11)4-2/h10-11H,3-9H2,1-2H3. The highest BCUT2D eigenvalue weighted by molar-refractivity contribution is 7.99. The lowest BCUT2D eigenvalue weighted by atomic mass is 10.2. The quantitative estimate of drug-likeness (QED) is 0.594. The second-order valence-corrected chi connectivity index (χ2v) is 4.35. The van der Waals surface area contributed by atoms with E-state index in [9.17, 15) is 5.11 Å². The molecule has 1 N–H and O–H groups in total. The molecule has 0 spiro atoms. The van der Waals surface area contributed by atoms with Gasteiger partial charge in [-0.1, -0.05) is 33.1 Å². The van der Waals surface area contributed by atoms with Crippen molar-refractivity contribution in [2.24, 2.45) is 0 Å². The van der Waals surface area contributed by atoms with Crippen LogP contribution in [0.25, 0.3) is 0 Å². The van der Waals surface area contributed by atoms with E-state index in [1.165, 1.54) is 31.4 Å². The molecule has 0 radical (unpaired) electrons. The minimum Gasteiger partial charge on any atom is -0.392 e. The normalized spacial score (nSPS) is 13.2. The highest BCUT2D eigenvalue weighted by Gasteiger charge is 1.99. The van der Waals surface area contributed by atoms with Crippen molar-refractivity contribution >= 4 is 11.8 Å². The summed E-state index contributed by atoms with van der Waals surface area (Å²) in [6.45, 7) is 4.26. The number of rotatable bonds is 8. The van der Waals surface area contributed by atoms with Gasteiger partial charge in [-0.3, -0.25) is 0 Å². The Hall–Kier alpha value is 0.310. The molecule has 0 heterocycles. The minimum atomic E-state index is -0.0822. The first-order valence-electron chi connectivity index (χ1n) is 5.07. The van der Waals surface area contributed by atoms with Crippen molar-refractivity contribution in [2.45, 2.75) is 52.1 Å². The van der Waals surface area contributed by atoms with Crippen LogP contribution in [0, 0.1) is 0 Å². The second-order valence-electron chi connectivity index (χ2n) is 3.20. The van der Waals surface area contributed by atoms with Crippen molar-refractivity contribution in [3.8, 4) is 0 Å². The van der Waals surface area contributed by atoms with Crippen LogP contribution in [0.4, 0.5) is 0 Å². The van der Waals surface area contributed by atoms with E-state index in [0.29, 0.717) is 0 Å². The maximum absolute atomic E-state index is 9.24. The van der Waals surface area contributed by atoms with Crippen molar-refractivity contribution in [3.05, 3.63) is 0 Å². The van der Waals surface area contributed by atoms with E-state index in [1.54, 1.807) is 0 Å². The van der Waals surface area contributed by atoms with Gasteiger partial charge in [0.1, 0.15) is 0 Å². The first-order chi connectivity index (χ1) is 5.81. The summed E-state index contributed by atoms with van der Waals surface area (Å²) in [5.74, 6) is 2.14. The van der Waals surface area contributed by atoms with Crippen LogP contribution in [-0.2, 0) is 0 Å². The van der Waals surface area contributed by atoms with Gasteiger partial charge < -0.3 is 5.11 Å². The summed E-state index contributed by atoms with van der Waals surface area (Å²) in [5, 5.41) is 9.24. The van der Waals surface area contributed by atoms with Gasteiger partial charge in [0, 0.05) is 5.75 Å². The summed E-state index contributed by atoms with van der Waals surface area (Å²) in [7, 11) is 0. The third kappa shape index (κ3) is 8.41. The second kappa shape index (κ2) is 9.40. The van der Waals surface area contributed by atoms with E-state index < -0.39 is 0 Å². The summed E-state index contributed by atoms with van der Waals surface area (Å²) in [4.78, 5) is 0. The molecule has 0 aromatic heterocycles. The van der Waals surface area contributed by atoms with Gasteiger partial charge in [-0.05, 0) is 18.6 Å². The lowest BCUT2D eigenvalue weighted by Crippen LogP contribution is -2.07. The average Bonchev–Trinajstić information content (AvgIpc) is 2.10. The molecule has 0 rings (SSSR count). The third-order valence-electron chi connectivity index (χ3n) is 1.92. The molecule has 0 saturated carbocycles. The average molecular weight is 190 g/mol. The summed E-state index contributed by atoms with van der Waals surface area (Å²) >= 11 is 1.89. The molecular formula is C10H22OS. The molecule has 1 atom stereocenters. The van der Waals surface area contributed by atoms with Crippen LogP contribution in [0.1, 0.15) is 46.0 Å².